The number of guanidine groups is 1. The number of morpholine rings is 1. The molecule has 1 aromatic carbocycles. The lowest BCUT2D eigenvalue weighted by Crippen LogP contribution is -2.48. The van der Waals surface area contributed by atoms with Gasteiger partial charge in [-0.1, -0.05) is 38.1 Å². The number of nitrogens with zero attached hydrogens (tertiary/aromatic N) is 2. The molecule has 0 bridgehead atoms. The molecule has 1 atom stereocenters. The lowest BCUT2D eigenvalue weighted by atomic mass is 9.84. The van der Waals surface area contributed by atoms with E-state index in [1.165, 1.54) is 10.9 Å². The predicted molar refractivity (Wildman–Crippen MR) is 134 cm³/mol. The number of benzene rings is 1. The Balaban J connectivity index is 0.00000320. The molecule has 166 valence electrons. The zero-order valence-electron chi connectivity index (χ0n) is 17.9. The standard InChI is InChI=1S/C22H31FN4OS.HI/c1-22(2,17-7-4-5-8-18(17)23)16-26-21(24-3)25-15-19(20-9-6-14-29-20)27-10-12-28-13-11-27;/h4-9,14,19H,10-13,15-16H2,1-3H3,(H2,24,25,26);1H. The number of hydrogen-bond acceptors (Lipinski definition) is 4. The third-order valence-corrected chi connectivity index (χ3v) is 6.32. The van der Waals surface area contributed by atoms with E-state index >= 15 is 0 Å². The van der Waals surface area contributed by atoms with Gasteiger partial charge >= 0.3 is 0 Å². The molecule has 0 amide bonds. The zero-order valence-corrected chi connectivity index (χ0v) is 21.0. The van der Waals surface area contributed by atoms with E-state index in [0.29, 0.717) is 12.1 Å². The van der Waals surface area contributed by atoms with E-state index in [0.717, 1.165) is 38.8 Å². The van der Waals surface area contributed by atoms with Crippen LogP contribution in [0.15, 0.2) is 46.8 Å². The van der Waals surface area contributed by atoms with Crippen molar-refractivity contribution >= 4 is 41.3 Å². The Morgan fingerprint density at radius 3 is 2.57 bits per heavy atom. The number of thiophene rings is 1. The molecule has 1 saturated heterocycles. The Morgan fingerprint density at radius 1 is 1.20 bits per heavy atom. The van der Waals surface area contributed by atoms with Gasteiger partial charge < -0.3 is 15.4 Å². The van der Waals surface area contributed by atoms with Gasteiger partial charge in [0.25, 0.3) is 0 Å². The first-order valence-corrected chi connectivity index (χ1v) is 10.9. The van der Waals surface area contributed by atoms with Crippen LogP contribution in [-0.4, -0.2) is 57.3 Å². The molecule has 1 aliphatic heterocycles. The largest absolute Gasteiger partial charge is 0.379 e. The summed E-state index contributed by atoms with van der Waals surface area (Å²) in [6.07, 6.45) is 0. The molecular formula is C22H32FIN4OS. The van der Waals surface area contributed by atoms with Crippen molar-refractivity contribution in [1.29, 1.82) is 0 Å². The Kier molecular flexibility index (Phi) is 9.99. The van der Waals surface area contributed by atoms with Crippen molar-refractivity contribution in [3.05, 3.63) is 58.0 Å². The number of hydrogen-bond donors (Lipinski definition) is 2. The van der Waals surface area contributed by atoms with Crippen LogP contribution in [-0.2, 0) is 10.2 Å². The third-order valence-electron chi connectivity index (χ3n) is 5.35. The van der Waals surface area contributed by atoms with Gasteiger partial charge in [0.2, 0.25) is 0 Å². The van der Waals surface area contributed by atoms with E-state index in [1.54, 1.807) is 24.5 Å². The van der Waals surface area contributed by atoms with Gasteiger partial charge in [0.05, 0.1) is 19.3 Å². The highest BCUT2D eigenvalue weighted by Gasteiger charge is 2.26. The fourth-order valence-corrected chi connectivity index (χ4v) is 4.46. The first-order valence-electron chi connectivity index (χ1n) is 10.1. The summed E-state index contributed by atoms with van der Waals surface area (Å²) >= 11 is 1.78. The molecular weight excluding hydrogens is 514 g/mol. The molecule has 0 saturated carbocycles. The highest BCUT2D eigenvalue weighted by atomic mass is 127. The fourth-order valence-electron chi connectivity index (χ4n) is 3.60. The first-order chi connectivity index (χ1) is 14.0. The number of rotatable bonds is 7. The predicted octanol–water partition coefficient (Wildman–Crippen LogP) is 4.02. The first kappa shape index (κ1) is 25.0. The summed E-state index contributed by atoms with van der Waals surface area (Å²) in [6.45, 7) is 8.79. The molecule has 0 radical (unpaired) electrons. The topological polar surface area (TPSA) is 48.9 Å². The minimum atomic E-state index is -0.361. The van der Waals surface area contributed by atoms with Crippen molar-refractivity contribution in [2.24, 2.45) is 4.99 Å². The van der Waals surface area contributed by atoms with Crippen LogP contribution in [0.25, 0.3) is 0 Å². The van der Waals surface area contributed by atoms with Gasteiger partial charge in [0.1, 0.15) is 5.82 Å². The molecule has 5 nitrogen and oxygen atoms in total. The van der Waals surface area contributed by atoms with Crippen LogP contribution < -0.4 is 10.6 Å². The molecule has 2 heterocycles. The van der Waals surface area contributed by atoms with E-state index in [-0.39, 0.29) is 41.3 Å². The van der Waals surface area contributed by atoms with Crippen LogP contribution in [0, 0.1) is 5.82 Å². The highest BCUT2D eigenvalue weighted by molar-refractivity contribution is 14.0. The monoisotopic (exact) mass is 546 g/mol. The Bertz CT molecular complexity index is 794. The average Bonchev–Trinajstić information content (AvgIpc) is 3.26. The maximum Gasteiger partial charge on any atom is 0.191 e. The maximum atomic E-state index is 14.2. The SMILES string of the molecule is CN=C(NCC(c1cccs1)N1CCOCC1)NCC(C)(C)c1ccccc1F.I. The Morgan fingerprint density at radius 2 is 1.93 bits per heavy atom. The summed E-state index contributed by atoms with van der Waals surface area (Å²) < 4.78 is 19.7. The molecule has 2 N–H and O–H groups in total. The quantitative estimate of drug-likeness (QED) is 0.313. The van der Waals surface area contributed by atoms with Gasteiger partial charge in [0, 0.05) is 43.5 Å². The highest BCUT2D eigenvalue weighted by Crippen LogP contribution is 2.26. The lowest BCUT2D eigenvalue weighted by molar-refractivity contribution is 0.0177. The summed E-state index contributed by atoms with van der Waals surface area (Å²) in [4.78, 5) is 8.16. The summed E-state index contributed by atoms with van der Waals surface area (Å²) in [7, 11) is 1.76. The molecule has 30 heavy (non-hydrogen) atoms. The smallest absolute Gasteiger partial charge is 0.191 e. The minimum Gasteiger partial charge on any atom is -0.379 e. The normalized spacial score (nSPS) is 16.6. The molecule has 2 aromatic rings. The minimum absolute atomic E-state index is 0. The molecule has 1 unspecified atom stereocenters. The van der Waals surface area contributed by atoms with Crippen molar-refractivity contribution in [1.82, 2.24) is 15.5 Å². The second kappa shape index (κ2) is 12.0. The van der Waals surface area contributed by atoms with Crippen molar-refractivity contribution in [2.75, 3.05) is 46.4 Å². The molecule has 1 aromatic heterocycles. The van der Waals surface area contributed by atoms with E-state index in [2.05, 4.69) is 38.0 Å². The van der Waals surface area contributed by atoms with Gasteiger partial charge in [-0.15, -0.1) is 35.3 Å². The van der Waals surface area contributed by atoms with Crippen LogP contribution >= 0.6 is 35.3 Å². The Labute approximate surface area is 200 Å². The zero-order chi connectivity index (χ0) is 20.7. The van der Waals surface area contributed by atoms with E-state index in [4.69, 9.17) is 4.74 Å². The van der Waals surface area contributed by atoms with Crippen LogP contribution in [0.2, 0.25) is 0 Å². The van der Waals surface area contributed by atoms with Crippen molar-refractivity contribution in [3.8, 4) is 0 Å². The average molecular weight is 546 g/mol. The molecule has 8 heteroatoms. The van der Waals surface area contributed by atoms with Crippen LogP contribution in [0.4, 0.5) is 4.39 Å². The van der Waals surface area contributed by atoms with Crippen molar-refractivity contribution < 1.29 is 9.13 Å². The number of halogens is 2. The summed E-state index contributed by atoms with van der Waals surface area (Å²) in [5.74, 6) is 0.552. The Hall–Kier alpha value is -1.23. The van der Waals surface area contributed by atoms with E-state index in [9.17, 15) is 4.39 Å². The van der Waals surface area contributed by atoms with Crippen LogP contribution in [0.1, 0.15) is 30.3 Å². The van der Waals surface area contributed by atoms with Crippen LogP contribution in [0.3, 0.4) is 0 Å². The molecule has 1 fully saturated rings. The number of ether oxygens (including phenoxy) is 1. The molecule has 0 spiro atoms. The van der Waals surface area contributed by atoms with Gasteiger partial charge in [-0.25, -0.2) is 4.39 Å². The maximum absolute atomic E-state index is 14.2. The summed E-state index contributed by atoms with van der Waals surface area (Å²) in [5, 5.41) is 8.95. The van der Waals surface area contributed by atoms with E-state index in [1.807, 2.05) is 26.0 Å². The van der Waals surface area contributed by atoms with Crippen molar-refractivity contribution in [3.63, 3.8) is 0 Å². The summed E-state index contributed by atoms with van der Waals surface area (Å²) in [6, 6.07) is 11.5. The second-order valence-corrected chi connectivity index (χ2v) is 8.83. The van der Waals surface area contributed by atoms with Crippen molar-refractivity contribution in [2.45, 2.75) is 25.3 Å². The lowest BCUT2D eigenvalue weighted by Gasteiger charge is -2.34. The van der Waals surface area contributed by atoms with Gasteiger partial charge in [-0.2, -0.15) is 0 Å². The number of nitrogens with one attached hydrogen (secondary N) is 2. The molecule has 0 aliphatic carbocycles. The number of aliphatic imine (C=N–C) groups is 1. The van der Waals surface area contributed by atoms with Gasteiger partial charge in [-0.05, 0) is 23.1 Å². The third kappa shape index (κ3) is 6.63. The van der Waals surface area contributed by atoms with Gasteiger partial charge in [-0.3, -0.25) is 9.89 Å². The second-order valence-electron chi connectivity index (χ2n) is 7.85. The van der Waals surface area contributed by atoms with Crippen LogP contribution in [0.5, 0.6) is 0 Å². The molecule has 1 aliphatic rings. The molecule has 3 rings (SSSR count). The fraction of sp³-hybridized carbons (Fsp3) is 0.500. The van der Waals surface area contributed by atoms with E-state index < -0.39 is 0 Å². The van der Waals surface area contributed by atoms with Gasteiger partial charge in [0.15, 0.2) is 5.96 Å². The summed E-state index contributed by atoms with van der Waals surface area (Å²) in [5.41, 5.74) is 0.341.